The molecule has 4 aliphatic carbocycles. The summed E-state index contributed by atoms with van der Waals surface area (Å²) in [6.07, 6.45) is 12.1. The SMILES string of the molecule is CO[C@@]1(CO)C[C@@]23CC[C@@H]4C(C)(C)CCC[C@@]4(C)[C@@H]2CC[C@@H]1C3. The summed E-state index contributed by atoms with van der Waals surface area (Å²) >= 11 is 0. The molecule has 6 atom stereocenters. The quantitative estimate of drug-likeness (QED) is 0.792. The Balaban J connectivity index is 1.71. The Labute approximate surface area is 142 Å². The Kier molecular flexibility index (Phi) is 3.54. The average molecular weight is 321 g/mol. The van der Waals surface area contributed by atoms with Crippen LogP contribution in [0.2, 0.25) is 0 Å². The van der Waals surface area contributed by atoms with Crippen molar-refractivity contribution in [3.8, 4) is 0 Å². The maximum Gasteiger partial charge on any atom is 0.0941 e. The van der Waals surface area contributed by atoms with E-state index in [1.165, 1.54) is 51.4 Å². The van der Waals surface area contributed by atoms with Crippen LogP contribution in [0.3, 0.4) is 0 Å². The van der Waals surface area contributed by atoms with Crippen LogP contribution in [-0.4, -0.2) is 24.4 Å². The fourth-order valence-electron chi connectivity index (χ4n) is 8.41. The molecule has 2 nitrogen and oxygen atoms in total. The van der Waals surface area contributed by atoms with Crippen LogP contribution in [-0.2, 0) is 4.74 Å². The predicted molar refractivity (Wildman–Crippen MR) is 93.2 cm³/mol. The van der Waals surface area contributed by atoms with Crippen molar-refractivity contribution < 1.29 is 9.84 Å². The van der Waals surface area contributed by atoms with Gasteiger partial charge in [-0.2, -0.15) is 0 Å². The third-order valence-corrected chi connectivity index (χ3v) is 9.27. The summed E-state index contributed by atoms with van der Waals surface area (Å²) in [6, 6.07) is 0. The van der Waals surface area contributed by atoms with Crippen molar-refractivity contribution in [2.75, 3.05) is 13.7 Å². The molecule has 0 heterocycles. The van der Waals surface area contributed by atoms with Gasteiger partial charge in [0.2, 0.25) is 0 Å². The van der Waals surface area contributed by atoms with Gasteiger partial charge >= 0.3 is 0 Å². The van der Waals surface area contributed by atoms with Crippen molar-refractivity contribution in [1.82, 2.24) is 0 Å². The van der Waals surface area contributed by atoms with E-state index in [9.17, 15) is 5.11 Å². The normalized spacial score (nSPS) is 54.4. The zero-order valence-corrected chi connectivity index (χ0v) is 15.7. The lowest BCUT2D eigenvalue weighted by Gasteiger charge is -2.64. The van der Waals surface area contributed by atoms with E-state index in [4.69, 9.17) is 4.74 Å². The van der Waals surface area contributed by atoms with Crippen LogP contribution < -0.4 is 0 Å². The van der Waals surface area contributed by atoms with Gasteiger partial charge in [0, 0.05) is 7.11 Å². The van der Waals surface area contributed by atoms with Gasteiger partial charge in [-0.15, -0.1) is 0 Å². The largest absolute Gasteiger partial charge is 0.393 e. The minimum atomic E-state index is -0.234. The number of hydrogen-bond acceptors (Lipinski definition) is 2. The lowest BCUT2D eigenvalue weighted by atomic mass is 9.41. The summed E-state index contributed by atoms with van der Waals surface area (Å²) in [7, 11) is 1.83. The van der Waals surface area contributed by atoms with E-state index < -0.39 is 0 Å². The molecule has 4 fully saturated rings. The third kappa shape index (κ3) is 2.00. The summed E-state index contributed by atoms with van der Waals surface area (Å²) in [5.41, 5.74) is 1.26. The Hall–Kier alpha value is -0.0800. The molecule has 0 aromatic rings. The van der Waals surface area contributed by atoms with E-state index in [2.05, 4.69) is 20.8 Å². The van der Waals surface area contributed by atoms with E-state index in [-0.39, 0.29) is 12.2 Å². The molecule has 0 amide bonds. The second-order valence-corrected chi connectivity index (χ2v) is 10.4. The van der Waals surface area contributed by atoms with Crippen LogP contribution in [0.5, 0.6) is 0 Å². The molecule has 4 rings (SSSR count). The van der Waals surface area contributed by atoms with Crippen molar-refractivity contribution in [2.24, 2.45) is 34.0 Å². The summed E-state index contributed by atoms with van der Waals surface area (Å²) in [4.78, 5) is 0. The fourth-order valence-corrected chi connectivity index (χ4v) is 8.41. The monoisotopic (exact) mass is 320 g/mol. The second-order valence-electron chi connectivity index (χ2n) is 10.4. The first-order chi connectivity index (χ1) is 10.8. The van der Waals surface area contributed by atoms with Crippen molar-refractivity contribution in [3.05, 3.63) is 0 Å². The van der Waals surface area contributed by atoms with Crippen molar-refractivity contribution >= 4 is 0 Å². The van der Waals surface area contributed by atoms with Gasteiger partial charge in [-0.05, 0) is 85.4 Å². The number of aliphatic hydroxyl groups is 1. The topological polar surface area (TPSA) is 29.5 Å². The number of rotatable bonds is 2. The van der Waals surface area contributed by atoms with Crippen LogP contribution in [0, 0.1) is 34.0 Å². The summed E-state index contributed by atoms with van der Waals surface area (Å²) in [5, 5.41) is 10.1. The number of hydrogen-bond donors (Lipinski definition) is 1. The molecule has 2 heteroatoms. The number of methoxy groups -OCH3 is 1. The van der Waals surface area contributed by atoms with Crippen LogP contribution in [0.1, 0.15) is 78.6 Å². The summed E-state index contributed by atoms with van der Waals surface area (Å²) < 4.78 is 5.97. The minimum Gasteiger partial charge on any atom is -0.393 e. The van der Waals surface area contributed by atoms with Gasteiger partial charge in [0.15, 0.2) is 0 Å². The van der Waals surface area contributed by atoms with Crippen LogP contribution >= 0.6 is 0 Å². The zero-order chi connectivity index (χ0) is 16.5. The lowest BCUT2D eigenvalue weighted by Crippen LogP contribution is -2.55. The molecule has 132 valence electrons. The first-order valence-corrected chi connectivity index (χ1v) is 9.98. The van der Waals surface area contributed by atoms with E-state index >= 15 is 0 Å². The molecule has 0 aliphatic heterocycles. The van der Waals surface area contributed by atoms with E-state index in [1.54, 1.807) is 0 Å². The molecule has 0 unspecified atom stereocenters. The van der Waals surface area contributed by atoms with Crippen molar-refractivity contribution in [1.29, 1.82) is 0 Å². The van der Waals surface area contributed by atoms with Gasteiger partial charge < -0.3 is 9.84 Å². The van der Waals surface area contributed by atoms with Gasteiger partial charge in [-0.3, -0.25) is 0 Å². The van der Waals surface area contributed by atoms with Gasteiger partial charge in [-0.1, -0.05) is 27.2 Å². The molecule has 0 saturated heterocycles. The highest BCUT2D eigenvalue weighted by Gasteiger charge is 2.67. The summed E-state index contributed by atoms with van der Waals surface area (Å²) in [5.74, 6) is 2.33. The van der Waals surface area contributed by atoms with E-state index in [1.807, 2.05) is 7.11 Å². The Bertz CT molecular complexity index is 480. The van der Waals surface area contributed by atoms with Crippen molar-refractivity contribution in [3.63, 3.8) is 0 Å². The molecule has 2 bridgehead atoms. The summed E-state index contributed by atoms with van der Waals surface area (Å²) in [6.45, 7) is 7.91. The first kappa shape index (κ1) is 16.4. The van der Waals surface area contributed by atoms with Gasteiger partial charge in [0.05, 0.1) is 12.2 Å². The van der Waals surface area contributed by atoms with Crippen molar-refractivity contribution in [2.45, 2.75) is 84.2 Å². The second kappa shape index (κ2) is 4.97. The first-order valence-electron chi connectivity index (χ1n) is 9.98. The van der Waals surface area contributed by atoms with Crippen LogP contribution in [0.25, 0.3) is 0 Å². The molecule has 0 aromatic heterocycles. The number of ether oxygens (including phenoxy) is 1. The maximum atomic E-state index is 10.1. The molecule has 0 radical (unpaired) electrons. The molecule has 4 saturated carbocycles. The molecule has 23 heavy (non-hydrogen) atoms. The van der Waals surface area contributed by atoms with Crippen LogP contribution in [0.4, 0.5) is 0 Å². The standard InChI is InChI=1S/C21H36O2/c1-18(2)9-5-10-19(3)16(18)8-11-20-12-15(6-7-17(19)20)21(13-20,14-22)23-4/h15-17,22H,5-14H2,1-4H3/t15-,16-,17+,19-,20+,21-/m1/s1. The number of aliphatic hydroxyl groups excluding tert-OH is 1. The van der Waals surface area contributed by atoms with Crippen LogP contribution in [0.15, 0.2) is 0 Å². The lowest BCUT2D eigenvalue weighted by molar-refractivity contribution is -0.145. The highest BCUT2D eigenvalue weighted by Crippen LogP contribution is 2.73. The molecule has 0 aromatic carbocycles. The Morgan fingerprint density at radius 3 is 2.48 bits per heavy atom. The molecular formula is C21H36O2. The Morgan fingerprint density at radius 2 is 1.78 bits per heavy atom. The predicted octanol–water partition coefficient (Wildman–Crippen LogP) is 4.80. The van der Waals surface area contributed by atoms with Gasteiger partial charge in [0.25, 0.3) is 0 Å². The fraction of sp³-hybridized carbons (Fsp3) is 1.00. The molecular weight excluding hydrogens is 284 g/mol. The van der Waals surface area contributed by atoms with E-state index in [0.29, 0.717) is 22.2 Å². The highest BCUT2D eigenvalue weighted by atomic mass is 16.5. The molecule has 4 aliphatic rings. The zero-order valence-electron chi connectivity index (χ0n) is 15.7. The molecule has 1 spiro atoms. The highest BCUT2D eigenvalue weighted by molar-refractivity contribution is 5.16. The maximum absolute atomic E-state index is 10.1. The minimum absolute atomic E-state index is 0.217. The average Bonchev–Trinajstić information content (AvgIpc) is 2.74. The van der Waals surface area contributed by atoms with Gasteiger partial charge in [-0.25, -0.2) is 0 Å². The van der Waals surface area contributed by atoms with E-state index in [0.717, 1.165) is 18.3 Å². The molecule has 1 N–H and O–H groups in total. The third-order valence-electron chi connectivity index (χ3n) is 9.27. The van der Waals surface area contributed by atoms with Gasteiger partial charge in [0.1, 0.15) is 0 Å². The smallest absolute Gasteiger partial charge is 0.0941 e. The number of fused-ring (bicyclic) bond motifs is 3. The Morgan fingerprint density at radius 1 is 1.00 bits per heavy atom.